The van der Waals surface area contributed by atoms with Crippen molar-refractivity contribution in [1.29, 1.82) is 0 Å². The van der Waals surface area contributed by atoms with Gasteiger partial charge in [0.15, 0.2) is 5.76 Å². The van der Waals surface area contributed by atoms with Crippen molar-refractivity contribution in [2.24, 2.45) is 0 Å². The maximum absolute atomic E-state index is 12.2. The zero-order valence-electron chi connectivity index (χ0n) is 14.6. The standard InChI is InChI=1S/C17H19N3O5S/c1-12-17(13(2)25-20-12)26(22,23)18-9-4-5-10-24-16-8-6-7-15(11-16)19-14(3)21/h6-8,11,18H,9-10H2,1-3H3,(H,19,21). The number of carbonyl (C=O) groups is 1. The van der Waals surface area contributed by atoms with Crippen molar-refractivity contribution in [2.75, 3.05) is 18.5 Å². The second-order valence-corrected chi connectivity index (χ2v) is 7.03. The molecule has 138 valence electrons. The largest absolute Gasteiger partial charge is 0.481 e. The molecular formula is C17H19N3O5S. The molecule has 2 aromatic rings. The first kappa shape index (κ1) is 19.5. The van der Waals surface area contributed by atoms with Gasteiger partial charge in [0, 0.05) is 18.7 Å². The van der Waals surface area contributed by atoms with E-state index in [9.17, 15) is 13.2 Å². The van der Waals surface area contributed by atoms with Gasteiger partial charge in [-0.3, -0.25) is 4.79 Å². The summed E-state index contributed by atoms with van der Waals surface area (Å²) in [6.07, 6.45) is 0. The summed E-state index contributed by atoms with van der Waals surface area (Å²) in [6.45, 7) is 4.52. The number of sulfonamides is 1. The monoisotopic (exact) mass is 377 g/mol. The molecule has 0 radical (unpaired) electrons. The average molecular weight is 377 g/mol. The van der Waals surface area contributed by atoms with Crippen molar-refractivity contribution >= 4 is 21.6 Å². The van der Waals surface area contributed by atoms with Gasteiger partial charge in [0.1, 0.15) is 22.9 Å². The molecule has 1 aromatic carbocycles. The third kappa shape index (κ3) is 5.34. The molecule has 2 N–H and O–H groups in total. The molecule has 0 aliphatic rings. The van der Waals surface area contributed by atoms with Crippen LogP contribution in [0.5, 0.6) is 5.75 Å². The van der Waals surface area contributed by atoms with Gasteiger partial charge in [-0.2, -0.15) is 4.72 Å². The molecule has 0 aliphatic carbocycles. The molecule has 0 atom stereocenters. The van der Waals surface area contributed by atoms with Gasteiger partial charge < -0.3 is 14.6 Å². The van der Waals surface area contributed by atoms with Crippen LogP contribution in [0.2, 0.25) is 0 Å². The molecule has 26 heavy (non-hydrogen) atoms. The number of benzene rings is 1. The van der Waals surface area contributed by atoms with Crippen LogP contribution in [0.1, 0.15) is 18.4 Å². The van der Waals surface area contributed by atoms with Crippen LogP contribution >= 0.6 is 0 Å². The van der Waals surface area contributed by atoms with E-state index in [-0.39, 0.29) is 29.7 Å². The van der Waals surface area contributed by atoms with Crippen LogP contribution in [0.15, 0.2) is 33.7 Å². The summed E-state index contributed by atoms with van der Waals surface area (Å²) in [5, 5.41) is 6.27. The molecule has 1 aromatic heterocycles. The lowest BCUT2D eigenvalue weighted by Gasteiger charge is -2.05. The summed E-state index contributed by atoms with van der Waals surface area (Å²) < 4.78 is 37.0. The van der Waals surface area contributed by atoms with Crippen molar-refractivity contribution in [3.8, 4) is 17.6 Å². The number of nitrogens with one attached hydrogen (secondary N) is 2. The molecule has 0 fully saturated rings. The van der Waals surface area contributed by atoms with E-state index in [0.29, 0.717) is 17.1 Å². The fraction of sp³-hybridized carbons (Fsp3) is 0.294. The summed E-state index contributed by atoms with van der Waals surface area (Å²) in [5.74, 6) is 5.99. The van der Waals surface area contributed by atoms with Gasteiger partial charge in [-0.1, -0.05) is 23.1 Å². The molecule has 0 spiro atoms. The quantitative estimate of drug-likeness (QED) is 0.740. The van der Waals surface area contributed by atoms with Crippen molar-refractivity contribution in [3.63, 3.8) is 0 Å². The van der Waals surface area contributed by atoms with E-state index in [0.717, 1.165) is 0 Å². The van der Waals surface area contributed by atoms with Crippen LogP contribution in [0.25, 0.3) is 0 Å². The number of amides is 1. The maximum atomic E-state index is 12.2. The Morgan fingerprint density at radius 3 is 2.73 bits per heavy atom. The van der Waals surface area contributed by atoms with E-state index in [1.807, 2.05) is 0 Å². The lowest BCUT2D eigenvalue weighted by Crippen LogP contribution is -2.25. The Bertz CT molecular complexity index is 935. The second-order valence-electron chi connectivity index (χ2n) is 5.33. The number of nitrogens with zero attached hydrogens (tertiary/aromatic N) is 1. The topological polar surface area (TPSA) is 111 Å². The van der Waals surface area contributed by atoms with Crippen LogP contribution < -0.4 is 14.8 Å². The number of carbonyl (C=O) groups excluding carboxylic acids is 1. The molecular weight excluding hydrogens is 358 g/mol. The minimum Gasteiger partial charge on any atom is -0.481 e. The molecule has 0 aliphatic heterocycles. The summed E-state index contributed by atoms with van der Waals surface area (Å²) in [4.78, 5) is 11.1. The van der Waals surface area contributed by atoms with E-state index in [4.69, 9.17) is 9.26 Å². The van der Waals surface area contributed by atoms with Gasteiger partial charge in [-0.15, -0.1) is 0 Å². The summed E-state index contributed by atoms with van der Waals surface area (Å²) in [6, 6.07) is 6.88. The molecule has 0 bridgehead atoms. The minimum absolute atomic E-state index is 0.0327. The molecule has 0 saturated heterocycles. The molecule has 0 saturated carbocycles. The third-order valence-electron chi connectivity index (χ3n) is 3.18. The highest BCUT2D eigenvalue weighted by Crippen LogP contribution is 2.18. The van der Waals surface area contributed by atoms with E-state index < -0.39 is 10.0 Å². The maximum Gasteiger partial charge on any atom is 0.246 e. The molecule has 9 heteroatoms. The number of hydrogen-bond acceptors (Lipinski definition) is 6. The minimum atomic E-state index is -3.72. The number of aromatic nitrogens is 1. The highest BCUT2D eigenvalue weighted by Gasteiger charge is 2.23. The highest BCUT2D eigenvalue weighted by atomic mass is 32.2. The fourth-order valence-corrected chi connectivity index (χ4v) is 3.41. The predicted molar refractivity (Wildman–Crippen MR) is 95.2 cm³/mol. The lowest BCUT2D eigenvalue weighted by atomic mass is 10.3. The second kappa shape index (κ2) is 8.51. The number of aryl methyl sites for hydroxylation is 2. The molecule has 1 heterocycles. The lowest BCUT2D eigenvalue weighted by molar-refractivity contribution is -0.114. The van der Waals surface area contributed by atoms with Crippen LogP contribution in [0, 0.1) is 25.7 Å². The summed E-state index contributed by atoms with van der Waals surface area (Å²) in [7, 11) is -3.72. The Hall–Kier alpha value is -2.83. The van der Waals surface area contributed by atoms with Crippen molar-refractivity contribution in [3.05, 3.63) is 35.7 Å². The molecule has 8 nitrogen and oxygen atoms in total. The Balaban J connectivity index is 1.85. The zero-order valence-corrected chi connectivity index (χ0v) is 15.4. The van der Waals surface area contributed by atoms with Gasteiger partial charge in [0.25, 0.3) is 0 Å². The van der Waals surface area contributed by atoms with Gasteiger partial charge in [-0.25, -0.2) is 8.42 Å². The van der Waals surface area contributed by atoms with Crippen LogP contribution in [0.3, 0.4) is 0 Å². The van der Waals surface area contributed by atoms with E-state index >= 15 is 0 Å². The smallest absolute Gasteiger partial charge is 0.246 e. The molecule has 1 amide bonds. The van der Waals surface area contributed by atoms with Crippen molar-refractivity contribution in [2.45, 2.75) is 25.7 Å². The number of anilines is 1. The van der Waals surface area contributed by atoms with E-state index in [1.54, 1.807) is 31.2 Å². The zero-order chi connectivity index (χ0) is 19.2. The van der Waals surface area contributed by atoms with E-state index in [2.05, 4.69) is 27.0 Å². The highest BCUT2D eigenvalue weighted by molar-refractivity contribution is 7.89. The predicted octanol–water partition coefficient (Wildman–Crippen LogP) is 1.61. The SMILES string of the molecule is CC(=O)Nc1cccc(OCC#CCNS(=O)(=O)c2c(C)noc2C)c1. The fourth-order valence-electron chi connectivity index (χ4n) is 2.16. The van der Waals surface area contributed by atoms with Crippen LogP contribution in [0.4, 0.5) is 5.69 Å². The first-order valence-electron chi connectivity index (χ1n) is 7.68. The van der Waals surface area contributed by atoms with Gasteiger partial charge in [0.05, 0.1) is 6.54 Å². The Labute approximate surface area is 152 Å². The Kier molecular flexibility index (Phi) is 6.38. The first-order valence-corrected chi connectivity index (χ1v) is 9.16. The number of rotatable bonds is 6. The Morgan fingerprint density at radius 2 is 2.08 bits per heavy atom. The van der Waals surface area contributed by atoms with Gasteiger partial charge in [0.2, 0.25) is 15.9 Å². The van der Waals surface area contributed by atoms with Crippen molar-refractivity contribution in [1.82, 2.24) is 9.88 Å². The summed E-state index contributed by atoms with van der Waals surface area (Å²) >= 11 is 0. The Morgan fingerprint density at radius 1 is 1.31 bits per heavy atom. The number of ether oxygens (including phenoxy) is 1. The van der Waals surface area contributed by atoms with Crippen LogP contribution in [-0.4, -0.2) is 32.6 Å². The molecule has 2 rings (SSSR count). The average Bonchev–Trinajstić information content (AvgIpc) is 2.90. The first-order chi connectivity index (χ1) is 12.3. The number of hydrogen-bond donors (Lipinski definition) is 2. The van der Waals surface area contributed by atoms with Crippen LogP contribution in [-0.2, 0) is 14.8 Å². The van der Waals surface area contributed by atoms with Crippen molar-refractivity contribution < 1.29 is 22.5 Å². The summed E-state index contributed by atoms with van der Waals surface area (Å²) in [5.41, 5.74) is 0.917. The molecule has 0 unspecified atom stereocenters. The van der Waals surface area contributed by atoms with Gasteiger partial charge in [-0.05, 0) is 26.0 Å². The van der Waals surface area contributed by atoms with Gasteiger partial charge >= 0.3 is 0 Å². The third-order valence-corrected chi connectivity index (χ3v) is 4.82. The van der Waals surface area contributed by atoms with E-state index in [1.165, 1.54) is 13.8 Å². The normalized spacial score (nSPS) is 10.7.